The summed E-state index contributed by atoms with van der Waals surface area (Å²) < 4.78 is 0. The van der Waals surface area contributed by atoms with E-state index in [-0.39, 0.29) is 11.8 Å². The molecule has 0 radical (unpaired) electrons. The van der Waals surface area contributed by atoms with Gasteiger partial charge in [-0.05, 0) is 30.5 Å². The number of hydrogen-bond acceptors (Lipinski definition) is 3. The Labute approximate surface area is 124 Å². The summed E-state index contributed by atoms with van der Waals surface area (Å²) in [7, 11) is 0. The molecule has 1 aliphatic rings. The van der Waals surface area contributed by atoms with Crippen LogP contribution >= 0.6 is 0 Å². The summed E-state index contributed by atoms with van der Waals surface area (Å²) in [4.78, 5) is 25.5. The molecule has 0 spiro atoms. The number of hydrogen-bond donors (Lipinski definition) is 2. The van der Waals surface area contributed by atoms with Crippen LogP contribution in [0.15, 0.2) is 24.3 Å². The van der Waals surface area contributed by atoms with Crippen LogP contribution in [-0.2, 0) is 9.59 Å². The lowest BCUT2D eigenvalue weighted by molar-refractivity contribution is -0.139. The predicted octanol–water partition coefficient (Wildman–Crippen LogP) is 1.97. The summed E-state index contributed by atoms with van der Waals surface area (Å²) in [6.07, 6.45) is 1.74. The Morgan fingerprint density at radius 1 is 1.43 bits per heavy atom. The Kier molecular flexibility index (Phi) is 4.96. The molecular weight excluding hydrogens is 268 g/mol. The highest BCUT2D eigenvalue weighted by molar-refractivity contribution is 5.96. The number of nitrogens with two attached hydrogens (primary N) is 1. The number of anilines is 1. The summed E-state index contributed by atoms with van der Waals surface area (Å²) in [6.45, 7) is 2.97. The topological polar surface area (TPSA) is 83.6 Å². The minimum absolute atomic E-state index is 0.0311. The van der Waals surface area contributed by atoms with Crippen LogP contribution in [0.1, 0.15) is 37.7 Å². The minimum Gasteiger partial charge on any atom is -0.481 e. The lowest BCUT2D eigenvalue weighted by atomic mass is 9.89. The third kappa shape index (κ3) is 3.24. The van der Waals surface area contributed by atoms with Gasteiger partial charge in [-0.25, -0.2) is 0 Å². The Morgan fingerprint density at radius 2 is 2.14 bits per heavy atom. The van der Waals surface area contributed by atoms with Crippen molar-refractivity contribution < 1.29 is 14.7 Å². The fourth-order valence-electron chi connectivity index (χ4n) is 2.83. The third-order valence-electron chi connectivity index (χ3n) is 4.22. The molecule has 3 N–H and O–H groups in total. The first kappa shape index (κ1) is 15.5. The van der Waals surface area contributed by atoms with E-state index in [2.05, 4.69) is 0 Å². The van der Waals surface area contributed by atoms with Crippen molar-refractivity contribution in [2.45, 2.75) is 32.1 Å². The fourth-order valence-corrected chi connectivity index (χ4v) is 2.83. The van der Waals surface area contributed by atoms with E-state index in [0.29, 0.717) is 25.9 Å². The summed E-state index contributed by atoms with van der Waals surface area (Å²) in [6, 6.07) is 7.28. The zero-order valence-electron chi connectivity index (χ0n) is 12.3. The van der Waals surface area contributed by atoms with Crippen molar-refractivity contribution in [3.8, 4) is 0 Å². The van der Waals surface area contributed by atoms with Crippen LogP contribution in [0, 0.1) is 5.92 Å². The van der Waals surface area contributed by atoms with Crippen molar-refractivity contribution >= 4 is 17.6 Å². The van der Waals surface area contributed by atoms with Crippen LogP contribution in [-0.4, -0.2) is 30.1 Å². The van der Waals surface area contributed by atoms with Gasteiger partial charge in [0, 0.05) is 18.7 Å². The van der Waals surface area contributed by atoms with Gasteiger partial charge < -0.3 is 15.7 Å². The maximum atomic E-state index is 12.5. The quantitative estimate of drug-likeness (QED) is 0.868. The van der Waals surface area contributed by atoms with Crippen LogP contribution in [0.3, 0.4) is 0 Å². The molecule has 2 rings (SSSR count). The first-order valence-electron chi connectivity index (χ1n) is 7.40. The van der Waals surface area contributed by atoms with Crippen molar-refractivity contribution in [2.24, 2.45) is 11.7 Å². The second-order valence-electron chi connectivity index (χ2n) is 5.50. The molecule has 0 fully saturated rings. The van der Waals surface area contributed by atoms with Crippen LogP contribution in [0.4, 0.5) is 5.69 Å². The standard InChI is InChI=1S/C16H22N2O3/c1-2-11(10-17)9-15(19)18-8-7-13(16(20)21)12-5-3-4-6-14(12)18/h3-6,11,13H,2,7-10,17H2,1H3,(H,20,21). The van der Waals surface area contributed by atoms with E-state index in [1.165, 1.54) is 0 Å². The maximum absolute atomic E-state index is 12.5. The smallest absolute Gasteiger partial charge is 0.311 e. The van der Waals surface area contributed by atoms with Gasteiger partial charge in [-0.2, -0.15) is 0 Å². The second-order valence-corrected chi connectivity index (χ2v) is 5.50. The van der Waals surface area contributed by atoms with Gasteiger partial charge >= 0.3 is 5.97 Å². The van der Waals surface area contributed by atoms with Gasteiger partial charge in [0.2, 0.25) is 5.91 Å². The molecule has 1 heterocycles. The number of carbonyl (C=O) groups excluding carboxylic acids is 1. The van der Waals surface area contributed by atoms with Gasteiger partial charge in [-0.1, -0.05) is 31.5 Å². The van der Waals surface area contributed by atoms with Crippen LogP contribution < -0.4 is 10.6 Å². The SMILES string of the molecule is CCC(CN)CC(=O)N1CCC(C(=O)O)c2ccccc21. The Morgan fingerprint density at radius 3 is 2.76 bits per heavy atom. The van der Waals surface area contributed by atoms with Crippen LogP contribution in [0.2, 0.25) is 0 Å². The second kappa shape index (κ2) is 6.72. The molecule has 1 aromatic rings. The van der Waals surface area contributed by atoms with Gasteiger partial charge in [-0.3, -0.25) is 9.59 Å². The zero-order chi connectivity index (χ0) is 15.4. The highest BCUT2D eigenvalue weighted by atomic mass is 16.4. The first-order chi connectivity index (χ1) is 10.1. The molecule has 0 saturated heterocycles. The molecule has 0 bridgehead atoms. The zero-order valence-corrected chi connectivity index (χ0v) is 12.3. The number of fused-ring (bicyclic) bond motifs is 1. The third-order valence-corrected chi connectivity index (χ3v) is 4.22. The van der Waals surface area contributed by atoms with Crippen LogP contribution in [0.25, 0.3) is 0 Å². The highest BCUT2D eigenvalue weighted by Crippen LogP contribution is 2.35. The normalized spacial score (nSPS) is 19.0. The first-order valence-corrected chi connectivity index (χ1v) is 7.40. The van der Waals surface area contributed by atoms with E-state index in [1.54, 1.807) is 11.0 Å². The van der Waals surface area contributed by atoms with E-state index < -0.39 is 11.9 Å². The van der Waals surface area contributed by atoms with E-state index >= 15 is 0 Å². The number of amides is 1. The summed E-state index contributed by atoms with van der Waals surface area (Å²) in [5, 5.41) is 9.31. The summed E-state index contributed by atoms with van der Waals surface area (Å²) in [5.41, 5.74) is 7.13. The number of nitrogens with zero attached hydrogens (tertiary/aromatic N) is 1. The number of aliphatic carboxylic acids is 1. The molecule has 1 aliphatic heterocycles. The van der Waals surface area contributed by atoms with E-state index in [9.17, 15) is 14.7 Å². The largest absolute Gasteiger partial charge is 0.481 e. The number of carbonyl (C=O) groups is 2. The average Bonchev–Trinajstić information content (AvgIpc) is 2.51. The predicted molar refractivity (Wildman–Crippen MR) is 81.2 cm³/mol. The number of carboxylic acid groups (broad SMARTS) is 1. The molecule has 1 aromatic carbocycles. The number of benzene rings is 1. The molecular formula is C16H22N2O3. The van der Waals surface area contributed by atoms with E-state index in [1.807, 2.05) is 25.1 Å². The number of carboxylic acids is 1. The monoisotopic (exact) mass is 290 g/mol. The molecule has 2 unspecified atom stereocenters. The summed E-state index contributed by atoms with van der Waals surface area (Å²) in [5.74, 6) is -1.14. The molecule has 0 aliphatic carbocycles. The molecule has 5 nitrogen and oxygen atoms in total. The van der Waals surface area contributed by atoms with E-state index in [0.717, 1.165) is 17.7 Å². The van der Waals surface area contributed by atoms with E-state index in [4.69, 9.17) is 5.73 Å². The molecule has 0 aromatic heterocycles. The number of para-hydroxylation sites is 1. The Balaban J connectivity index is 2.24. The fraction of sp³-hybridized carbons (Fsp3) is 0.500. The molecule has 1 amide bonds. The van der Waals surface area contributed by atoms with Gasteiger partial charge in [-0.15, -0.1) is 0 Å². The summed E-state index contributed by atoms with van der Waals surface area (Å²) >= 11 is 0. The highest BCUT2D eigenvalue weighted by Gasteiger charge is 2.32. The molecule has 5 heteroatoms. The minimum atomic E-state index is -0.831. The molecule has 2 atom stereocenters. The molecule has 114 valence electrons. The van der Waals surface area contributed by atoms with Gasteiger partial charge in [0.1, 0.15) is 0 Å². The van der Waals surface area contributed by atoms with Crippen molar-refractivity contribution in [3.05, 3.63) is 29.8 Å². The van der Waals surface area contributed by atoms with Gasteiger partial charge in [0.25, 0.3) is 0 Å². The van der Waals surface area contributed by atoms with Crippen molar-refractivity contribution in [1.82, 2.24) is 0 Å². The Hall–Kier alpha value is -1.88. The number of rotatable bonds is 5. The van der Waals surface area contributed by atoms with Crippen molar-refractivity contribution in [1.29, 1.82) is 0 Å². The average molecular weight is 290 g/mol. The van der Waals surface area contributed by atoms with Crippen LogP contribution in [0.5, 0.6) is 0 Å². The van der Waals surface area contributed by atoms with Crippen molar-refractivity contribution in [2.75, 3.05) is 18.0 Å². The molecule has 0 saturated carbocycles. The maximum Gasteiger partial charge on any atom is 0.311 e. The van der Waals surface area contributed by atoms with Crippen molar-refractivity contribution in [3.63, 3.8) is 0 Å². The lowest BCUT2D eigenvalue weighted by Gasteiger charge is -2.33. The lowest BCUT2D eigenvalue weighted by Crippen LogP contribution is -2.39. The Bertz CT molecular complexity index is 526. The van der Waals surface area contributed by atoms with Gasteiger partial charge in [0.15, 0.2) is 0 Å². The molecule has 21 heavy (non-hydrogen) atoms. The van der Waals surface area contributed by atoms with Gasteiger partial charge in [0.05, 0.1) is 5.92 Å².